The SMILES string of the molecule is NC(=O)c1c(F)cccc1Nc1nc(NC2CC3CCC(C2)N3S(=O)O)ncc1C(F)(F)F. The molecular formula is C19H20F4N6O3S. The fourth-order valence-corrected chi connectivity index (χ4v) is 5.34. The van der Waals surface area contributed by atoms with Gasteiger partial charge < -0.3 is 16.4 Å². The monoisotopic (exact) mass is 488 g/mol. The topological polar surface area (TPSA) is 133 Å². The van der Waals surface area contributed by atoms with Gasteiger partial charge >= 0.3 is 6.18 Å². The van der Waals surface area contributed by atoms with E-state index in [1.54, 1.807) is 0 Å². The minimum absolute atomic E-state index is 0.106. The van der Waals surface area contributed by atoms with Gasteiger partial charge in [0.1, 0.15) is 17.2 Å². The second-order valence-corrected chi connectivity index (χ2v) is 8.78. The number of primary amides is 1. The van der Waals surface area contributed by atoms with Crippen LogP contribution < -0.4 is 16.4 Å². The summed E-state index contributed by atoms with van der Waals surface area (Å²) in [7, 11) is 0. The van der Waals surface area contributed by atoms with Gasteiger partial charge in [0.2, 0.25) is 17.2 Å². The number of nitrogens with one attached hydrogen (secondary N) is 2. The zero-order valence-corrected chi connectivity index (χ0v) is 17.8. The van der Waals surface area contributed by atoms with Crippen LogP contribution in [0.5, 0.6) is 0 Å². The van der Waals surface area contributed by atoms with Gasteiger partial charge in [-0.05, 0) is 37.8 Å². The molecule has 2 aromatic rings. The van der Waals surface area contributed by atoms with Crippen LogP contribution in [0.1, 0.15) is 41.6 Å². The van der Waals surface area contributed by atoms with Crippen LogP contribution in [0.25, 0.3) is 0 Å². The number of alkyl halides is 3. The molecule has 1 amide bonds. The molecule has 3 unspecified atom stereocenters. The van der Waals surface area contributed by atoms with E-state index in [1.165, 1.54) is 16.4 Å². The molecule has 2 saturated heterocycles. The molecule has 3 atom stereocenters. The van der Waals surface area contributed by atoms with Crippen molar-refractivity contribution in [3.05, 3.63) is 41.3 Å². The summed E-state index contributed by atoms with van der Waals surface area (Å²) in [5.41, 5.74) is 3.10. The van der Waals surface area contributed by atoms with Crippen LogP contribution in [-0.4, -0.2) is 47.1 Å². The molecule has 4 rings (SSSR count). The third-order valence-corrected chi connectivity index (χ3v) is 6.74. The van der Waals surface area contributed by atoms with Crippen molar-refractivity contribution in [1.29, 1.82) is 0 Å². The number of nitrogens with zero attached hydrogens (tertiary/aromatic N) is 3. The van der Waals surface area contributed by atoms with Gasteiger partial charge in [-0.1, -0.05) is 6.07 Å². The first-order valence-electron chi connectivity index (χ1n) is 10.00. The van der Waals surface area contributed by atoms with Gasteiger partial charge in [0, 0.05) is 24.3 Å². The second kappa shape index (κ2) is 8.83. The Morgan fingerprint density at radius 3 is 2.48 bits per heavy atom. The molecule has 14 heteroatoms. The van der Waals surface area contributed by atoms with E-state index in [1.807, 2.05) is 0 Å². The molecule has 33 heavy (non-hydrogen) atoms. The quantitative estimate of drug-likeness (QED) is 0.363. The van der Waals surface area contributed by atoms with E-state index < -0.39 is 46.1 Å². The number of hydrogen-bond donors (Lipinski definition) is 4. The standard InChI is InChI=1S/C19H20F4N6O3S/c20-13-2-1-3-14(15(13)16(24)30)27-17-12(19(21,22)23)8-25-18(28-17)26-9-6-10-4-5-11(7-9)29(10)33(31)32/h1-3,8-11H,4-7H2,(H2,24,30)(H,31,32)(H2,25,26,27,28). The molecule has 178 valence electrons. The number of nitrogens with two attached hydrogens (primary N) is 1. The van der Waals surface area contributed by atoms with E-state index in [0.29, 0.717) is 19.0 Å². The first kappa shape index (κ1) is 23.3. The molecule has 0 saturated carbocycles. The van der Waals surface area contributed by atoms with Crippen LogP contribution in [0.15, 0.2) is 24.4 Å². The first-order valence-corrected chi connectivity index (χ1v) is 11.1. The molecule has 9 nitrogen and oxygen atoms in total. The van der Waals surface area contributed by atoms with E-state index in [-0.39, 0.29) is 29.8 Å². The maximum Gasteiger partial charge on any atom is 0.421 e. The number of benzene rings is 1. The van der Waals surface area contributed by atoms with Gasteiger partial charge in [0.15, 0.2) is 0 Å². The van der Waals surface area contributed by atoms with Crippen LogP contribution in [0, 0.1) is 5.82 Å². The van der Waals surface area contributed by atoms with Crippen molar-refractivity contribution in [2.45, 2.75) is 50.0 Å². The fraction of sp³-hybridized carbons (Fsp3) is 0.421. The highest BCUT2D eigenvalue weighted by molar-refractivity contribution is 7.76. The van der Waals surface area contributed by atoms with Crippen molar-refractivity contribution in [2.75, 3.05) is 10.6 Å². The lowest BCUT2D eigenvalue weighted by Crippen LogP contribution is -2.47. The van der Waals surface area contributed by atoms with Gasteiger partial charge in [-0.15, -0.1) is 0 Å². The smallest absolute Gasteiger partial charge is 0.365 e. The molecule has 1 aromatic heterocycles. The highest BCUT2D eigenvalue weighted by Crippen LogP contribution is 2.39. The highest BCUT2D eigenvalue weighted by Gasteiger charge is 2.44. The molecule has 2 bridgehead atoms. The van der Waals surface area contributed by atoms with Crippen molar-refractivity contribution in [1.82, 2.24) is 14.3 Å². The first-order chi connectivity index (χ1) is 15.5. The average molecular weight is 488 g/mol. The van der Waals surface area contributed by atoms with Gasteiger partial charge in [-0.2, -0.15) is 22.5 Å². The van der Waals surface area contributed by atoms with Crippen LogP contribution in [0.4, 0.5) is 35.0 Å². The number of carbonyl (C=O) groups excluding carboxylic acids is 1. The molecule has 1 aromatic carbocycles. The second-order valence-electron chi connectivity index (χ2n) is 7.89. The largest absolute Gasteiger partial charge is 0.421 e. The number of amides is 1. The normalized spacial score (nSPS) is 23.8. The third-order valence-electron chi connectivity index (χ3n) is 5.79. The van der Waals surface area contributed by atoms with E-state index in [2.05, 4.69) is 20.6 Å². The summed E-state index contributed by atoms with van der Waals surface area (Å²) in [6, 6.07) is 2.90. The van der Waals surface area contributed by atoms with Gasteiger partial charge in [0.05, 0.1) is 11.3 Å². The van der Waals surface area contributed by atoms with Crippen LogP contribution >= 0.6 is 0 Å². The number of rotatable bonds is 6. The molecular weight excluding hydrogens is 468 g/mol. The Hall–Kier alpha value is -2.84. The lowest BCUT2D eigenvalue weighted by Gasteiger charge is -2.36. The number of anilines is 3. The van der Waals surface area contributed by atoms with Crippen molar-refractivity contribution < 1.29 is 31.1 Å². The van der Waals surface area contributed by atoms with Crippen LogP contribution in [-0.2, 0) is 17.4 Å². The number of hydrogen-bond acceptors (Lipinski definition) is 6. The van der Waals surface area contributed by atoms with E-state index in [9.17, 15) is 31.1 Å². The third kappa shape index (κ3) is 4.77. The lowest BCUT2D eigenvalue weighted by molar-refractivity contribution is -0.137. The van der Waals surface area contributed by atoms with Crippen molar-refractivity contribution in [3.63, 3.8) is 0 Å². The molecule has 5 N–H and O–H groups in total. The molecule has 0 spiro atoms. The summed E-state index contributed by atoms with van der Waals surface area (Å²) in [5, 5.41) is 5.36. The van der Waals surface area contributed by atoms with Crippen molar-refractivity contribution in [3.8, 4) is 0 Å². The molecule has 2 aliphatic heterocycles. The summed E-state index contributed by atoms with van der Waals surface area (Å²) in [6.45, 7) is 0. The molecule has 2 fully saturated rings. The van der Waals surface area contributed by atoms with E-state index in [0.717, 1.165) is 18.9 Å². The Balaban J connectivity index is 1.61. The summed E-state index contributed by atoms with van der Waals surface area (Å²) in [5.74, 6) is -2.92. The number of halogens is 4. The molecule has 0 aliphatic carbocycles. The Morgan fingerprint density at radius 1 is 1.24 bits per heavy atom. The summed E-state index contributed by atoms with van der Waals surface area (Å²) >= 11 is -2.09. The van der Waals surface area contributed by atoms with Crippen molar-refractivity contribution in [2.24, 2.45) is 5.73 Å². The van der Waals surface area contributed by atoms with E-state index >= 15 is 0 Å². The van der Waals surface area contributed by atoms with E-state index in [4.69, 9.17) is 5.73 Å². The molecule has 3 heterocycles. The Bertz CT molecular complexity index is 1090. The van der Waals surface area contributed by atoms with Crippen molar-refractivity contribution >= 4 is 34.6 Å². The van der Waals surface area contributed by atoms with Gasteiger partial charge in [-0.3, -0.25) is 9.35 Å². The number of piperidine rings is 1. The number of fused-ring (bicyclic) bond motifs is 2. The summed E-state index contributed by atoms with van der Waals surface area (Å²) in [6.07, 6.45) is -1.77. The number of carbonyl (C=O) groups is 1. The van der Waals surface area contributed by atoms with Crippen LogP contribution in [0.2, 0.25) is 0 Å². The minimum atomic E-state index is -4.82. The summed E-state index contributed by atoms with van der Waals surface area (Å²) in [4.78, 5) is 19.3. The average Bonchev–Trinajstić information content (AvgIpc) is 2.98. The molecule has 0 radical (unpaired) electrons. The van der Waals surface area contributed by atoms with Gasteiger partial charge in [0.25, 0.3) is 5.91 Å². The lowest BCUT2D eigenvalue weighted by atomic mass is 10.00. The Labute approximate surface area is 188 Å². The summed E-state index contributed by atoms with van der Waals surface area (Å²) < 4.78 is 77.2. The zero-order chi connectivity index (χ0) is 23.9. The van der Waals surface area contributed by atoms with Gasteiger partial charge in [-0.25, -0.2) is 13.6 Å². The predicted molar refractivity (Wildman–Crippen MR) is 111 cm³/mol. The highest BCUT2D eigenvalue weighted by atomic mass is 32.2. The Kier molecular flexibility index (Phi) is 6.24. The minimum Gasteiger partial charge on any atom is -0.365 e. The number of aromatic nitrogens is 2. The zero-order valence-electron chi connectivity index (χ0n) is 17.0. The Morgan fingerprint density at radius 2 is 1.91 bits per heavy atom. The van der Waals surface area contributed by atoms with Crippen LogP contribution in [0.3, 0.4) is 0 Å². The maximum absolute atomic E-state index is 14.0. The molecule has 2 aliphatic rings. The predicted octanol–water partition coefficient (Wildman–Crippen LogP) is 3.02. The maximum atomic E-state index is 14.0. The fourth-order valence-electron chi connectivity index (χ4n) is 4.45.